The monoisotopic (exact) mass is 420 g/mol. The van der Waals surface area contributed by atoms with Crippen molar-refractivity contribution in [3.63, 3.8) is 0 Å². The van der Waals surface area contributed by atoms with Crippen LogP contribution in [0.5, 0.6) is 5.75 Å². The lowest BCUT2D eigenvalue weighted by atomic mass is 10.2. The molecule has 2 aromatic rings. The van der Waals surface area contributed by atoms with Gasteiger partial charge in [0, 0.05) is 32.6 Å². The largest absolute Gasteiger partial charge is 0.492 e. The van der Waals surface area contributed by atoms with E-state index >= 15 is 0 Å². The Labute approximate surface area is 170 Å². The molecule has 2 aromatic carbocycles. The van der Waals surface area contributed by atoms with Gasteiger partial charge in [0.1, 0.15) is 11.6 Å². The van der Waals surface area contributed by atoms with Gasteiger partial charge < -0.3 is 14.5 Å². The van der Waals surface area contributed by atoms with E-state index in [1.54, 1.807) is 4.90 Å². The normalized spacial score (nSPS) is 14.7. The molecule has 1 saturated heterocycles. The first-order valence-electron chi connectivity index (χ1n) is 9.63. The van der Waals surface area contributed by atoms with Crippen molar-refractivity contribution < 1.29 is 22.3 Å². The van der Waals surface area contributed by atoms with Crippen molar-refractivity contribution in [3.8, 4) is 5.75 Å². The number of hydrogen-bond donors (Lipinski definition) is 0. The van der Waals surface area contributed by atoms with E-state index in [4.69, 9.17) is 4.74 Å². The number of rotatable bonds is 7. The number of carbonyl (C=O) groups is 1. The molecular weight excluding hydrogens is 395 g/mol. The zero-order chi connectivity index (χ0) is 20.9. The van der Waals surface area contributed by atoms with Crippen molar-refractivity contribution in [3.05, 3.63) is 54.3 Å². The number of nitrogens with zero attached hydrogens (tertiary/aromatic N) is 2. The number of halogens is 1. The number of amides is 1. The predicted molar refractivity (Wildman–Crippen MR) is 109 cm³/mol. The highest BCUT2D eigenvalue weighted by Gasteiger charge is 2.24. The summed E-state index contributed by atoms with van der Waals surface area (Å²) >= 11 is 0. The van der Waals surface area contributed by atoms with Crippen molar-refractivity contribution in [2.45, 2.75) is 18.2 Å². The smallest absolute Gasteiger partial charge is 0.223 e. The summed E-state index contributed by atoms with van der Waals surface area (Å²) in [6, 6.07) is 12.5. The molecule has 1 fully saturated rings. The molecule has 1 aliphatic heterocycles. The predicted octanol–water partition coefficient (Wildman–Crippen LogP) is 2.74. The van der Waals surface area contributed by atoms with Gasteiger partial charge in [-0.25, -0.2) is 12.8 Å². The molecule has 0 aliphatic carbocycles. The first-order chi connectivity index (χ1) is 13.9. The Kier molecular flexibility index (Phi) is 6.74. The van der Waals surface area contributed by atoms with E-state index in [-0.39, 0.29) is 23.0 Å². The number of piperazine rings is 1. The Morgan fingerprint density at radius 2 is 1.69 bits per heavy atom. The van der Waals surface area contributed by atoms with Crippen molar-refractivity contribution in [2.24, 2.45) is 0 Å². The summed E-state index contributed by atoms with van der Waals surface area (Å²) in [7, 11) is -3.62. The van der Waals surface area contributed by atoms with Gasteiger partial charge in [0.15, 0.2) is 9.84 Å². The highest BCUT2D eigenvalue weighted by atomic mass is 32.2. The van der Waals surface area contributed by atoms with E-state index in [0.717, 1.165) is 23.6 Å². The quantitative estimate of drug-likeness (QED) is 0.645. The third-order valence-corrected chi connectivity index (χ3v) is 6.63. The molecule has 6 nitrogen and oxygen atoms in total. The van der Waals surface area contributed by atoms with E-state index in [9.17, 15) is 17.6 Å². The van der Waals surface area contributed by atoms with Gasteiger partial charge in [0.2, 0.25) is 5.91 Å². The summed E-state index contributed by atoms with van der Waals surface area (Å²) in [4.78, 5) is 16.4. The van der Waals surface area contributed by atoms with Crippen molar-refractivity contribution in [1.82, 2.24) is 4.90 Å². The zero-order valence-electron chi connectivity index (χ0n) is 16.4. The summed E-state index contributed by atoms with van der Waals surface area (Å²) < 4.78 is 43.4. The third-order valence-electron chi connectivity index (χ3n) is 4.90. The van der Waals surface area contributed by atoms with Crippen LogP contribution < -0.4 is 9.64 Å². The molecule has 29 heavy (non-hydrogen) atoms. The molecule has 0 spiro atoms. The fourth-order valence-corrected chi connectivity index (χ4v) is 4.56. The van der Waals surface area contributed by atoms with Crippen LogP contribution in [0.1, 0.15) is 13.3 Å². The number of carbonyl (C=O) groups excluding carboxylic acids is 1. The van der Waals surface area contributed by atoms with Crippen LogP contribution in [0.4, 0.5) is 10.1 Å². The van der Waals surface area contributed by atoms with Crippen LogP contribution in [0.25, 0.3) is 0 Å². The Morgan fingerprint density at radius 1 is 1.03 bits per heavy atom. The Bertz CT molecular complexity index is 939. The van der Waals surface area contributed by atoms with E-state index in [0.29, 0.717) is 32.8 Å². The maximum atomic E-state index is 13.0. The van der Waals surface area contributed by atoms with Crippen LogP contribution in [0, 0.1) is 5.82 Å². The fraction of sp³-hybridized carbons (Fsp3) is 0.381. The highest BCUT2D eigenvalue weighted by molar-refractivity contribution is 7.91. The van der Waals surface area contributed by atoms with Gasteiger partial charge in [-0.1, -0.05) is 12.1 Å². The minimum Gasteiger partial charge on any atom is -0.492 e. The molecule has 0 aromatic heterocycles. The molecule has 1 heterocycles. The maximum absolute atomic E-state index is 13.0. The van der Waals surface area contributed by atoms with Crippen LogP contribution in [0.2, 0.25) is 0 Å². The summed E-state index contributed by atoms with van der Waals surface area (Å²) in [5.74, 6) is -0.150. The van der Waals surface area contributed by atoms with Crippen molar-refractivity contribution >= 4 is 21.4 Å². The number of benzene rings is 2. The molecular formula is C21H25FN2O4S. The molecule has 0 N–H and O–H groups in total. The molecule has 3 rings (SSSR count). The number of anilines is 1. The van der Waals surface area contributed by atoms with Gasteiger partial charge in [-0.15, -0.1) is 0 Å². The van der Waals surface area contributed by atoms with Crippen LogP contribution in [0.3, 0.4) is 0 Å². The van der Waals surface area contributed by atoms with Crippen LogP contribution in [-0.4, -0.2) is 57.8 Å². The molecule has 0 radical (unpaired) electrons. The van der Waals surface area contributed by atoms with Gasteiger partial charge in [-0.05, 0) is 43.3 Å². The standard InChI is InChI=1S/C21H25FN2O4S/c1-2-28-20-6-4-3-5-19(20)23-12-14-24(15-13-23)21(25)11-16-29(26,27)18-9-7-17(22)8-10-18/h3-10H,2,11-16H2,1H3. The summed E-state index contributed by atoms with van der Waals surface area (Å²) in [5.41, 5.74) is 1.00. The second kappa shape index (κ2) is 9.26. The van der Waals surface area contributed by atoms with Gasteiger partial charge in [0.05, 0.1) is 22.9 Å². The first-order valence-corrected chi connectivity index (χ1v) is 11.3. The Balaban J connectivity index is 1.54. The number of ether oxygens (including phenoxy) is 1. The number of sulfone groups is 1. The van der Waals surface area contributed by atoms with Gasteiger partial charge >= 0.3 is 0 Å². The summed E-state index contributed by atoms with van der Waals surface area (Å²) in [6.07, 6.45) is -0.0881. The lowest BCUT2D eigenvalue weighted by Gasteiger charge is -2.36. The average Bonchev–Trinajstić information content (AvgIpc) is 2.73. The minimum atomic E-state index is -3.62. The molecule has 1 amide bonds. The lowest BCUT2D eigenvalue weighted by molar-refractivity contribution is -0.131. The molecule has 156 valence electrons. The number of hydrogen-bond acceptors (Lipinski definition) is 5. The maximum Gasteiger partial charge on any atom is 0.223 e. The zero-order valence-corrected chi connectivity index (χ0v) is 17.2. The van der Waals surface area contributed by atoms with Crippen molar-refractivity contribution in [1.29, 1.82) is 0 Å². The van der Waals surface area contributed by atoms with Crippen LogP contribution in [-0.2, 0) is 14.6 Å². The molecule has 8 heteroatoms. The second-order valence-electron chi connectivity index (χ2n) is 6.79. The van der Waals surface area contributed by atoms with E-state index in [1.165, 1.54) is 12.1 Å². The van der Waals surface area contributed by atoms with Crippen molar-refractivity contribution in [2.75, 3.05) is 43.4 Å². The van der Waals surface area contributed by atoms with Gasteiger partial charge in [-0.2, -0.15) is 0 Å². The summed E-state index contributed by atoms with van der Waals surface area (Å²) in [5, 5.41) is 0. The van der Waals surface area contributed by atoms with E-state index in [1.807, 2.05) is 31.2 Å². The molecule has 0 unspecified atom stereocenters. The average molecular weight is 421 g/mol. The molecule has 0 atom stereocenters. The van der Waals surface area contributed by atoms with Crippen LogP contribution >= 0.6 is 0 Å². The number of para-hydroxylation sites is 2. The van der Waals surface area contributed by atoms with E-state index in [2.05, 4.69) is 4.90 Å². The lowest BCUT2D eigenvalue weighted by Crippen LogP contribution is -2.49. The van der Waals surface area contributed by atoms with Crippen LogP contribution in [0.15, 0.2) is 53.4 Å². The second-order valence-corrected chi connectivity index (χ2v) is 8.90. The van der Waals surface area contributed by atoms with Gasteiger partial charge in [0.25, 0.3) is 0 Å². The minimum absolute atomic E-state index is 0.0315. The van der Waals surface area contributed by atoms with E-state index < -0.39 is 15.7 Å². The SMILES string of the molecule is CCOc1ccccc1N1CCN(C(=O)CCS(=O)(=O)c2ccc(F)cc2)CC1. The summed E-state index contributed by atoms with van der Waals surface area (Å²) in [6.45, 7) is 4.87. The molecule has 0 bridgehead atoms. The molecule has 1 aliphatic rings. The first kappa shape index (κ1) is 21.1. The molecule has 0 saturated carbocycles. The third kappa shape index (κ3) is 5.26. The van der Waals surface area contributed by atoms with Gasteiger partial charge in [-0.3, -0.25) is 4.79 Å². The highest BCUT2D eigenvalue weighted by Crippen LogP contribution is 2.28. The Hall–Kier alpha value is -2.61. The fourth-order valence-electron chi connectivity index (χ4n) is 3.33. The topological polar surface area (TPSA) is 66.9 Å². The Morgan fingerprint density at radius 3 is 2.34 bits per heavy atom.